The summed E-state index contributed by atoms with van der Waals surface area (Å²) in [6.07, 6.45) is 0. The van der Waals surface area contributed by atoms with Gasteiger partial charge in [0.15, 0.2) is 0 Å². The summed E-state index contributed by atoms with van der Waals surface area (Å²) in [6, 6.07) is 16.7. The molecule has 0 heteroatoms. The highest BCUT2D eigenvalue weighted by Gasteiger charge is 2.07. The molecule has 0 bridgehead atoms. The summed E-state index contributed by atoms with van der Waals surface area (Å²) >= 11 is 0. The highest BCUT2D eigenvalue weighted by atomic mass is 14.1. The van der Waals surface area contributed by atoms with Gasteiger partial charge in [-0.1, -0.05) is 69.8 Å². The summed E-state index contributed by atoms with van der Waals surface area (Å²) in [5.41, 5.74) is 8.73. The number of fused-ring (bicyclic) bond motifs is 1. The van der Waals surface area contributed by atoms with E-state index in [9.17, 15) is 0 Å². The van der Waals surface area contributed by atoms with Crippen molar-refractivity contribution in [3.8, 4) is 0 Å². The van der Waals surface area contributed by atoms with Crippen LogP contribution in [0.1, 0.15) is 54.7 Å². The zero-order valence-corrected chi connectivity index (χ0v) is 16.6. The molecule has 0 saturated carbocycles. The van der Waals surface area contributed by atoms with E-state index in [1.54, 1.807) is 0 Å². The third kappa shape index (κ3) is 5.46. The molecule has 0 spiro atoms. The molecule has 0 heterocycles. The number of benzene rings is 3. The van der Waals surface area contributed by atoms with E-state index >= 15 is 0 Å². The Hall–Kier alpha value is -2.08. The lowest BCUT2D eigenvalue weighted by Gasteiger charge is -2.15. The number of hydrogen-bond donors (Lipinski definition) is 0. The zero-order valence-electron chi connectivity index (χ0n) is 16.6. The van der Waals surface area contributed by atoms with Crippen LogP contribution in [0.3, 0.4) is 0 Å². The fraction of sp³-hybridized carbons (Fsp3) is 0.360. The van der Waals surface area contributed by atoms with Crippen molar-refractivity contribution in [2.45, 2.75) is 62.8 Å². The molecule has 3 rings (SSSR count). The van der Waals surface area contributed by atoms with Crippen molar-refractivity contribution in [2.24, 2.45) is 0 Å². The van der Waals surface area contributed by atoms with Gasteiger partial charge >= 0.3 is 0 Å². The SMILES string of the molecule is C.CC.Cc1c(C)c(C)c(C)c(C)c1C.c1ccc2ccccc2c1. The van der Waals surface area contributed by atoms with Crippen molar-refractivity contribution in [1.82, 2.24) is 0 Å². The molecule has 0 N–H and O–H groups in total. The topological polar surface area (TPSA) is 0 Å². The summed E-state index contributed by atoms with van der Waals surface area (Å²) < 4.78 is 0. The van der Waals surface area contributed by atoms with Gasteiger partial charge in [0.05, 0.1) is 0 Å². The molecule has 0 nitrogen and oxygen atoms in total. The van der Waals surface area contributed by atoms with Crippen LogP contribution in [0.15, 0.2) is 48.5 Å². The Bertz CT molecular complexity index is 624. The molecule has 0 atom stereocenters. The average Bonchev–Trinajstić information content (AvgIpc) is 2.65. The van der Waals surface area contributed by atoms with Gasteiger partial charge in [0.2, 0.25) is 0 Å². The van der Waals surface area contributed by atoms with Crippen LogP contribution in [0.5, 0.6) is 0 Å². The van der Waals surface area contributed by atoms with Crippen molar-refractivity contribution in [1.29, 1.82) is 0 Å². The molecule has 0 aliphatic carbocycles. The van der Waals surface area contributed by atoms with Crippen LogP contribution in [0.25, 0.3) is 10.8 Å². The lowest BCUT2D eigenvalue weighted by atomic mass is 9.90. The van der Waals surface area contributed by atoms with Crippen molar-refractivity contribution < 1.29 is 0 Å². The van der Waals surface area contributed by atoms with E-state index in [4.69, 9.17) is 0 Å². The van der Waals surface area contributed by atoms with Crippen LogP contribution < -0.4 is 0 Å². The Morgan fingerprint density at radius 1 is 0.400 bits per heavy atom. The van der Waals surface area contributed by atoms with Crippen LogP contribution in [-0.2, 0) is 0 Å². The molecule has 25 heavy (non-hydrogen) atoms. The molecule has 0 aliphatic heterocycles. The highest BCUT2D eigenvalue weighted by molar-refractivity contribution is 5.82. The third-order valence-corrected chi connectivity index (χ3v) is 5.03. The zero-order chi connectivity index (χ0) is 18.3. The van der Waals surface area contributed by atoms with E-state index in [0.717, 1.165) is 0 Å². The van der Waals surface area contributed by atoms with E-state index in [1.165, 1.54) is 44.2 Å². The maximum Gasteiger partial charge on any atom is -0.0184 e. The molecular weight excluding hydrogens is 300 g/mol. The van der Waals surface area contributed by atoms with Crippen molar-refractivity contribution in [3.63, 3.8) is 0 Å². The molecular formula is C25H36. The second kappa shape index (κ2) is 10.7. The van der Waals surface area contributed by atoms with Gasteiger partial charge in [-0.15, -0.1) is 0 Å². The molecule has 0 saturated heterocycles. The minimum Gasteiger partial charge on any atom is -0.0776 e. The Kier molecular flexibility index (Phi) is 9.82. The average molecular weight is 337 g/mol. The third-order valence-electron chi connectivity index (χ3n) is 5.03. The minimum atomic E-state index is 0. The Balaban J connectivity index is 0.000000408. The van der Waals surface area contributed by atoms with Crippen molar-refractivity contribution in [3.05, 3.63) is 81.9 Å². The highest BCUT2D eigenvalue weighted by Crippen LogP contribution is 2.24. The Labute approximate surface area is 155 Å². The smallest absolute Gasteiger partial charge is 0.0184 e. The quantitative estimate of drug-likeness (QED) is 0.389. The van der Waals surface area contributed by atoms with Crippen molar-refractivity contribution in [2.75, 3.05) is 0 Å². The first-order valence-corrected chi connectivity index (χ1v) is 8.90. The van der Waals surface area contributed by atoms with Gasteiger partial charge < -0.3 is 0 Å². The van der Waals surface area contributed by atoms with Crippen LogP contribution in [0.4, 0.5) is 0 Å². The molecule has 0 aromatic heterocycles. The van der Waals surface area contributed by atoms with E-state index in [1.807, 2.05) is 13.8 Å². The van der Waals surface area contributed by atoms with E-state index in [0.29, 0.717) is 0 Å². The first-order valence-electron chi connectivity index (χ1n) is 8.90. The van der Waals surface area contributed by atoms with Crippen LogP contribution in [0.2, 0.25) is 0 Å². The number of hydrogen-bond acceptors (Lipinski definition) is 0. The minimum absolute atomic E-state index is 0. The summed E-state index contributed by atoms with van der Waals surface area (Å²) in [4.78, 5) is 0. The van der Waals surface area contributed by atoms with Gasteiger partial charge in [-0.2, -0.15) is 0 Å². The molecule has 0 fully saturated rings. The molecule has 0 unspecified atom stereocenters. The van der Waals surface area contributed by atoms with Crippen LogP contribution in [-0.4, -0.2) is 0 Å². The first-order chi connectivity index (χ1) is 11.4. The van der Waals surface area contributed by atoms with Gasteiger partial charge in [0.25, 0.3) is 0 Å². The predicted molar refractivity (Wildman–Crippen MR) is 117 cm³/mol. The Morgan fingerprint density at radius 2 is 0.560 bits per heavy atom. The maximum absolute atomic E-state index is 2.21. The summed E-state index contributed by atoms with van der Waals surface area (Å²) in [5, 5.41) is 2.62. The summed E-state index contributed by atoms with van der Waals surface area (Å²) in [7, 11) is 0. The second-order valence-corrected chi connectivity index (χ2v) is 6.10. The van der Waals surface area contributed by atoms with Gasteiger partial charge in [-0.25, -0.2) is 0 Å². The lowest BCUT2D eigenvalue weighted by molar-refractivity contribution is 1.13. The molecule has 3 aromatic carbocycles. The van der Waals surface area contributed by atoms with Gasteiger partial charge in [-0.3, -0.25) is 0 Å². The monoisotopic (exact) mass is 336 g/mol. The van der Waals surface area contributed by atoms with Crippen molar-refractivity contribution >= 4 is 10.8 Å². The van der Waals surface area contributed by atoms with E-state index in [-0.39, 0.29) is 7.43 Å². The fourth-order valence-corrected chi connectivity index (χ4v) is 2.82. The molecule has 0 radical (unpaired) electrons. The van der Waals surface area contributed by atoms with Gasteiger partial charge in [-0.05, 0) is 85.7 Å². The molecule has 136 valence electrons. The maximum atomic E-state index is 2.21. The van der Waals surface area contributed by atoms with Gasteiger partial charge in [0.1, 0.15) is 0 Å². The first kappa shape index (κ1) is 22.9. The predicted octanol–water partition coefficient (Wildman–Crippen LogP) is 8.04. The number of rotatable bonds is 0. The normalized spacial score (nSPS) is 9.28. The molecule has 0 aliphatic rings. The van der Waals surface area contributed by atoms with Gasteiger partial charge in [0, 0.05) is 0 Å². The fourth-order valence-electron chi connectivity index (χ4n) is 2.82. The van der Waals surface area contributed by atoms with E-state index < -0.39 is 0 Å². The molecule has 0 amide bonds. The Morgan fingerprint density at radius 3 is 0.720 bits per heavy atom. The second-order valence-electron chi connectivity index (χ2n) is 6.10. The van der Waals surface area contributed by atoms with Crippen LogP contribution >= 0.6 is 0 Å². The summed E-state index contributed by atoms with van der Waals surface area (Å²) in [6.45, 7) is 17.3. The largest absolute Gasteiger partial charge is 0.0776 e. The summed E-state index contributed by atoms with van der Waals surface area (Å²) in [5.74, 6) is 0. The lowest BCUT2D eigenvalue weighted by Crippen LogP contribution is -1.98. The van der Waals surface area contributed by atoms with Crippen LogP contribution in [0, 0.1) is 41.5 Å². The standard InChI is InChI=1S/C12H18.C10H8.C2H6.CH4/c1-7-8(2)10(4)12(6)11(5)9(7)3;1-2-6-10-8-4-3-7-9(10)5-1;1-2;/h1-6H3;1-8H;1-2H3;1H4. The van der Waals surface area contributed by atoms with E-state index in [2.05, 4.69) is 90.1 Å². The molecule has 3 aromatic rings.